The zero-order valence-corrected chi connectivity index (χ0v) is 17.7. The van der Waals surface area contributed by atoms with E-state index in [0.717, 1.165) is 15.8 Å². The van der Waals surface area contributed by atoms with E-state index < -0.39 is 23.9 Å². The van der Waals surface area contributed by atoms with Crippen molar-refractivity contribution in [1.29, 1.82) is 0 Å². The van der Waals surface area contributed by atoms with Gasteiger partial charge in [-0.05, 0) is 34.9 Å². The number of amides is 1. The Balaban J connectivity index is 1.58. The van der Waals surface area contributed by atoms with Gasteiger partial charge in [-0.1, -0.05) is 66.7 Å². The van der Waals surface area contributed by atoms with Crippen LogP contribution in [0, 0.1) is 0 Å². The van der Waals surface area contributed by atoms with Crippen molar-refractivity contribution in [1.82, 2.24) is 9.78 Å². The molecule has 4 aromatic rings. The number of aromatic nitrogens is 2. The van der Waals surface area contributed by atoms with Crippen molar-refractivity contribution in [2.24, 2.45) is 7.05 Å². The number of hydrogen-bond donors (Lipinski definition) is 1. The Bertz CT molecular complexity index is 1300. The second-order valence-electron chi connectivity index (χ2n) is 7.38. The highest BCUT2D eigenvalue weighted by molar-refractivity contribution is 6.06. The van der Waals surface area contributed by atoms with Crippen molar-refractivity contribution in [3.05, 3.63) is 107 Å². The minimum Gasteiger partial charge on any atom is -0.321 e. The van der Waals surface area contributed by atoms with Gasteiger partial charge in [-0.2, -0.15) is 5.10 Å². The largest absolute Gasteiger partial charge is 0.321 e. The van der Waals surface area contributed by atoms with Gasteiger partial charge < -0.3 is 5.32 Å². The first-order chi connectivity index (χ1) is 15.9. The first-order valence-corrected chi connectivity index (χ1v) is 10.2. The van der Waals surface area contributed by atoms with Crippen LogP contribution in [0.25, 0.3) is 23.0 Å². The molecule has 0 aliphatic rings. The summed E-state index contributed by atoms with van der Waals surface area (Å²) in [5.41, 5.74) is 2.12. The lowest BCUT2D eigenvalue weighted by atomic mass is 10.0. The molecule has 0 saturated heterocycles. The number of nitrogens with zero attached hydrogens (tertiary/aromatic N) is 2. The summed E-state index contributed by atoms with van der Waals surface area (Å²) in [4.78, 5) is 12.6. The van der Waals surface area contributed by atoms with Crippen LogP contribution in [0.4, 0.5) is 18.9 Å². The van der Waals surface area contributed by atoms with Gasteiger partial charge in [0.05, 0.1) is 11.3 Å². The van der Waals surface area contributed by atoms with Crippen molar-refractivity contribution < 1.29 is 18.0 Å². The molecule has 0 radical (unpaired) electrons. The lowest BCUT2D eigenvalue weighted by Crippen LogP contribution is -2.14. The van der Waals surface area contributed by atoms with Crippen LogP contribution in [0.15, 0.2) is 85.1 Å². The lowest BCUT2D eigenvalue weighted by Gasteiger charge is -2.10. The van der Waals surface area contributed by atoms with Crippen molar-refractivity contribution in [2.45, 2.75) is 6.43 Å². The fourth-order valence-corrected chi connectivity index (χ4v) is 3.46. The molecule has 0 aliphatic carbocycles. The standard InChI is InChI=1S/C26H20F3N3O/c1-32-16-21(24(31-32)25(28)29)26(33)30-23-10-6-5-9-20(23)22(27)15-17-11-13-19(14-12-17)18-7-3-2-4-8-18/h2-16,25H,1H3,(H,30,33). The maximum atomic E-state index is 15.1. The summed E-state index contributed by atoms with van der Waals surface area (Å²) in [7, 11) is 1.45. The summed E-state index contributed by atoms with van der Waals surface area (Å²) in [6.07, 6.45) is -0.341. The molecule has 0 bridgehead atoms. The number of aryl methyl sites for hydroxylation is 1. The van der Waals surface area contributed by atoms with Gasteiger partial charge in [0.25, 0.3) is 12.3 Å². The quantitative estimate of drug-likeness (QED) is 0.333. The van der Waals surface area contributed by atoms with Gasteiger partial charge in [0.1, 0.15) is 11.5 Å². The zero-order valence-electron chi connectivity index (χ0n) is 17.7. The van der Waals surface area contributed by atoms with Gasteiger partial charge in [0.2, 0.25) is 0 Å². The number of carbonyl (C=O) groups excluding carboxylic acids is 1. The highest BCUT2D eigenvalue weighted by Crippen LogP contribution is 2.29. The Hall–Kier alpha value is -4.13. The highest BCUT2D eigenvalue weighted by atomic mass is 19.3. The Kier molecular flexibility index (Phi) is 6.40. The lowest BCUT2D eigenvalue weighted by molar-refractivity contribution is 0.101. The first-order valence-electron chi connectivity index (χ1n) is 10.2. The van der Waals surface area contributed by atoms with E-state index in [4.69, 9.17) is 0 Å². The molecule has 1 heterocycles. The molecule has 0 aliphatic heterocycles. The number of nitrogens with one attached hydrogen (secondary N) is 1. The minimum absolute atomic E-state index is 0.139. The molecule has 0 atom stereocenters. The summed E-state index contributed by atoms with van der Waals surface area (Å²) in [5, 5.41) is 6.16. The number of carbonyl (C=O) groups is 1. The number of para-hydroxylation sites is 1. The molecule has 4 nitrogen and oxygen atoms in total. The molecule has 0 unspecified atom stereocenters. The third-order valence-electron chi connectivity index (χ3n) is 5.05. The molecule has 4 rings (SSSR count). The van der Waals surface area contributed by atoms with E-state index in [2.05, 4.69) is 10.4 Å². The Morgan fingerprint density at radius 3 is 2.24 bits per heavy atom. The van der Waals surface area contributed by atoms with Crippen LogP contribution in [-0.2, 0) is 7.05 Å². The van der Waals surface area contributed by atoms with E-state index in [0.29, 0.717) is 5.56 Å². The van der Waals surface area contributed by atoms with E-state index in [1.807, 2.05) is 42.5 Å². The summed E-state index contributed by atoms with van der Waals surface area (Å²) >= 11 is 0. The van der Waals surface area contributed by atoms with Crippen LogP contribution >= 0.6 is 0 Å². The zero-order chi connectivity index (χ0) is 23.4. The maximum Gasteiger partial charge on any atom is 0.282 e. The molecule has 33 heavy (non-hydrogen) atoms. The number of alkyl halides is 2. The van der Waals surface area contributed by atoms with Gasteiger partial charge in [0.15, 0.2) is 0 Å². The van der Waals surface area contributed by atoms with Crippen LogP contribution in [0.3, 0.4) is 0 Å². The number of benzene rings is 3. The average molecular weight is 447 g/mol. The van der Waals surface area contributed by atoms with Gasteiger partial charge in [-0.15, -0.1) is 0 Å². The number of hydrogen-bond acceptors (Lipinski definition) is 2. The molecular formula is C26H20F3N3O. The van der Waals surface area contributed by atoms with Crippen molar-refractivity contribution in [3.8, 4) is 11.1 Å². The van der Waals surface area contributed by atoms with Crippen LogP contribution < -0.4 is 5.32 Å². The van der Waals surface area contributed by atoms with Crippen LogP contribution in [0.5, 0.6) is 0 Å². The van der Waals surface area contributed by atoms with E-state index in [9.17, 15) is 13.6 Å². The van der Waals surface area contributed by atoms with Gasteiger partial charge >= 0.3 is 0 Å². The second-order valence-corrected chi connectivity index (χ2v) is 7.38. The molecular weight excluding hydrogens is 427 g/mol. The summed E-state index contributed by atoms with van der Waals surface area (Å²) in [5.74, 6) is -1.36. The predicted molar refractivity (Wildman–Crippen MR) is 123 cm³/mol. The first kappa shape index (κ1) is 22.1. The van der Waals surface area contributed by atoms with E-state index in [-0.39, 0.29) is 16.8 Å². The predicted octanol–water partition coefficient (Wildman–Crippen LogP) is 6.74. The molecule has 7 heteroatoms. The van der Waals surface area contributed by atoms with E-state index in [1.54, 1.807) is 24.3 Å². The number of anilines is 1. The van der Waals surface area contributed by atoms with Crippen LogP contribution in [0.2, 0.25) is 0 Å². The summed E-state index contributed by atoms with van der Waals surface area (Å²) in [6.45, 7) is 0. The van der Waals surface area contributed by atoms with Crippen molar-refractivity contribution >= 4 is 23.5 Å². The van der Waals surface area contributed by atoms with Crippen LogP contribution in [0.1, 0.15) is 33.6 Å². The highest BCUT2D eigenvalue weighted by Gasteiger charge is 2.23. The molecule has 0 saturated carbocycles. The molecule has 0 fully saturated rings. The number of rotatable bonds is 6. The fraction of sp³-hybridized carbons (Fsp3) is 0.0769. The fourth-order valence-electron chi connectivity index (χ4n) is 3.46. The smallest absolute Gasteiger partial charge is 0.282 e. The SMILES string of the molecule is Cn1cc(C(=O)Nc2ccccc2C(F)=Cc2ccc(-c3ccccc3)cc2)c(C(F)F)n1. The van der Waals surface area contributed by atoms with Crippen LogP contribution in [-0.4, -0.2) is 15.7 Å². The molecule has 0 spiro atoms. The third-order valence-corrected chi connectivity index (χ3v) is 5.05. The van der Waals surface area contributed by atoms with E-state index in [1.165, 1.54) is 31.5 Å². The normalized spacial score (nSPS) is 11.6. The van der Waals surface area contributed by atoms with Crippen molar-refractivity contribution in [2.75, 3.05) is 5.32 Å². The van der Waals surface area contributed by atoms with Crippen molar-refractivity contribution in [3.63, 3.8) is 0 Å². The topological polar surface area (TPSA) is 46.9 Å². The Labute approximate surface area is 189 Å². The van der Waals surface area contributed by atoms with Gasteiger partial charge in [-0.3, -0.25) is 9.48 Å². The third kappa shape index (κ3) is 5.03. The van der Waals surface area contributed by atoms with Gasteiger partial charge in [0, 0.05) is 18.8 Å². The summed E-state index contributed by atoms with van der Waals surface area (Å²) < 4.78 is 42.7. The summed E-state index contributed by atoms with van der Waals surface area (Å²) in [6, 6.07) is 23.5. The molecule has 1 amide bonds. The molecule has 1 aromatic heterocycles. The van der Waals surface area contributed by atoms with E-state index >= 15 is 4.39 Å². The number of halogens is 3. The monoisotopic (exact) mass is 447 g/mol. The molecule has 3 aromatic carbocycles. The Morgan fingerprint density at radius 1 is 0.909 bits per heavy atom. The minimum atomic E-state index is -2.90. The molecule has 1 N–H and O–H groups in total. The Morgan fingerprint density at radius 2 is 1.55 bits per heavy atom. The van der Waals surface area contributed by atoms with Gasteiger partial charge in [-0.25, -0.2) is 13.2 Å². The molecule has 166 valence electrons. The average Bonchev–Trinajstić information content (AvgIpc) is 3.23. The maximum absolute atomic E-state index is 15.1. The second kappa shape index (κ2) is 9.56.